The van der Waals surface area contributed by atoms with Crippen molar-refractivity contribution in [3.8, 4) is 5.75 Å². The molecule has 0 aliphatic heterocycles. The molecular weight excluding hydrogens is 355 g/mol. The van der Waals surface area contributed by atoms with Gasteiger partial charge in [0, 0.05) is 17.8 Å². The maximum absolute atomic E-state index is 14.4. The van der Waals surface area contributed by atoms with E-state index < -0.39 is 5.41 Å². The first-order valence-electron chi connectivity index (χ1n) is 9.95. The van der Waals surface area contributed by atoms with Crippen LogP contribution >= 0.6 is 0 Å². The summed E-state index contributed by atoms with van der Waals surface area (Å²) in [5, 5.41) is 2.99. The minimum absolute atomic E-state index is 0.130. The molecular formula is C23H29FN2O2. The number of nitrogens with zero attached hydrogens (tertiary/aromatic N) is 1. The maximum atomic E-state index is 14.4. The molecule has 5 heteroatoms. The van der Waals surface area contributed by atoms with Gasteiger partial charge in [-0.05, 0) is 63.7 Å². The van der Waals surface area contributed by atoms with E-state index in [4.69, 9.17) is 4.74 Å². The van der Waals surface area contributed by atoms with Gasteiger partial charge in [0.15, 0.2) is 0 Å². The second-order valence-corrected chi connectivity index (χ2v) is 7.75. The average molecular weight is 384 g/mol. The second-order valence-electron chi connectivity index (χ2n) is 7.75. The number of anilines is 1. The van der Waals surface area contributed by atoms with Crippen molar-refractivity contribution < 1.29 is 13.9 Å². The summed E-state index contributed by atoms with van der Waals surface area (Å²) in [5.41, 5.74) is 0.422. The molecule has 1 saturated carbocycles. The van der Waals surface area contributed by atoms with E-state index in [0.717, 1.165) is 31.6 Å². The van der Waals surface area contributed by atoms with Crippen LogP contribution < -0.4 is 10.1 Å². The lowest BCUT2D eigenvalue weighted by atomic mass is 9.77. The van der Waals surface area contributed by atoms with Crippen LogP contribution in [0.5, 0.6) is 5.75 Å². The number of amides is 1. The van der Waals surface area contributed by atoms with Crippen molar-refractivity contribution in [3.63, 3.8) is 0 Å². The molecule has 0 bridgehead atoms. The predicted octanol–water partition coefficient (Wildman–Crippen LogP) is 4.61. The average Bonchev–Trinajstić information content (AvgIpc) is 3.18. The highest BCUT2D eigenvalue weighted by atomic mass is 19.1. The van der Waals surface area contributed by atoms with Gasteiger partial charge in [-0.1, -0.05) is 31.0 Å². The van der Waals surface area contributed by atoms with Crippen LogP contribution in [0, 0.1) is 5.82 Å². The van der Waals surface area contributed by atoms with Crippen molar-refractivity contribution in [1.82, 2.24) is 4.90 Å². The molecule has 0 atom stereocenters. The number of halogens is 1. The number of hydrogen-bond acceptors (Lipinski definition) is 3. The molecule has 2 aromatic carbocycles. The Morgan fingerprint density at radius 3 is 2.43 bits per heavy atom. The highest BCUT2D eigenvalue weighted by Crippen LogP contribution is 2.43. The van der Waals surface area contributed by atoms with Crippen LogP contribution in [-0.4, -0.2) is 38.1 Å². The van der Waals surface area contributed by atoms with Gasteiger partial charge in [0.05, 0.1) is 12.0 Å². The number of rotatable bonds is 8. The van der Waals surface area contributed by atoms with Crippen molar-refractivity contribution in [2.75, 3.05) is 32.6 Å². The quantitative estimate of drug-likeness (QED) is 0.676. The largest absolute Gasteiger partial charge is 0.494 e. The topological polar surface area (TPSA) is 41.6 Å². The van der Waals surface area contributed by atoms with E-state index in [-0.39, 0.29) is 11.7 Å². The molecule has 0 spiro atoms. The lowest BCUT2D eigenvalue weighted by molar-refractivity contribution is -0.121. The molecule has 0 unspecified atom stereocenters. The van der Waals surface area contributed by atoms with Crippen LogP contribution in [0.2, 0.25) is 0 Å². The Morgan fingerprint density at radius 1 is 1.11 bits per heavy atom. The Morgan fingerprint density at radius 2 is 1.79 bits per heavy atom. The van der Waals surface area contributed by atoms with E-state index in [1.54, 1.807) is 18.2 Å². The van der Waals surface area contributed by atoms with Crippen molar-refractivity contribution in [1.29, 1.82) is 0 Å². The summed E-state index contributed by atoms with van der Waals surface area (Å²) in [6.45, 7) is 1.63. The molecule has 1 N–H and O–H groups in total. The number of carbonyl (C=O) groups is 1. The number of hydrogen-bond donors (Lipinski definition) is 1. The highest BCUT2D eigenvalue weighted by molar-refractivity contribution is 5.99. The highest BCUT2D eigenvalue weighted by Gasteiger charge is 2.44. The van der Waals surface area contributed by atoms with Gasteiger partial charge in [-0.15, -0.1) is 0 Å². The minimum Gasteiger partial charge on any atom is -0.494 e. The number of benzene rings is 2. The van der Waals surface area contributed by atoms with Crippen molar-refractivity contribution >= 4 is 11.6 Å². The Kier molecular flexibility index (Phi) is 6.68. The molecule has 150 valence electrons. The summed E-state index contributed by atoms with van der Waals surface area (Å²) >= 11 is 0. The molecule has 4 nitrogen and oxygen atoms in total. The lowest BCUT2D eigenvalue weighted by Crippen LogP contribution is -2.38. The number of carbonyl (C=O) groups excluding carboxylic acids is 1. The van der Waals surface area contributed by atoms with Gasteiger partial charge in [-0.25, -0.2) is 4.39 Å². The van der Waals surface area contributed by atoms with Gasteiger partial charge >= 0.3 is 0 Å². The molecule has 2 aromatic rings. The minimum atomic E-state index is -0.785. The summed E-state index contributed by atoms with van der Waals surface area (Å²) in [6.07, 6.45) is 4.17. The fourth-order valence-electron chi connectivity index (χ4n) is 3.90. The Labute approximate surface area is 166 Å². The van der Waals surface area contributed by atoms with Gasteiger partial charge in [0.2, 0.25) is 5.91 Å². The van der Waals surface area contributed by atoms with Gasteiger partial charge in [0.1, 0.15) is 11.6 Å². The lowest BCUT2D eigenvalue weighted by Gasteiger charge is -2.28. The van der Waals surface area contributed by atoms with E-state index in [1.807, 2.05) is 38.4 Å². The van der Waals surface area contributed by atoms with Gasteiger partial charge in [-0.3, -0.25) is 4.79 Å². The molecule has 0 aromatic heterocycles. The molecule has 0 saturated heterocycles. The third-order valence-electron chi connectivity index (χ3n) is 5.41. The molecule has 1 fully saturated rings. The van der Waals surface area contributed by atoms with E-state index >= 15 is 0 Å². The molecule has 0 radical (unpaired) electrons. The Bertz CT molecular complexity index is 783. The molecule has 1 aliphatic rings. The molecule has 1 amide bonds. The van der Waals surface area contributed by atoms with Crippen LogP contribution in [-0.2, 0) is 10.2 Å². The second kappa shape index (κ2) is 9.20. The summed E-state index contributed by atoms with van der Waals surface area (Å²) in [4.78, 5) is 15.3. The van der Waals surface area contributed by atoms with Crippen LogP contribution in [0.1, 0.15) is 37.7 Å². The van der Waals surface area contributed by atoms with Gasteiger partial charge < -0.3 is 15.0 Å². The van der Waals surface area contributed by atoms with Crippen LogP contribution in [0.3, 0.4) is 0 Å². The number of nitrogens with one attached hydrogen (secondary N) is 1. The van der Waals surface area contributed by atoms with Crippen LogP contribution in [0.25, 0.3) is 0 Å². The van der Waals surface area contributed by atoms with E-state index in [2.05, 4.69) is 10.2 Å². The maximum Gasteiger partial charge on any atom is 0.235 e. The van der Waals surface area contributed by atoms with Crippen LogP contribution in [0.15, 0.2) is 48.5 Å². The summed E-state index contributed by atoms with van der Waals surface area (Å²) < 4.78 is 20.2. The summed E-state index contributed by atoms with van der Waals surface area (Å²) in [7, 11) is 4.08. The molecule has 0 heterocycles. The van der Waals surface area contributed by atoms with Crippen molar-refractivity contribution in [3.05, 3.63) is 59.9 Å². The van der Waals surface area contributed by atoms with Gasteiger partial charge in [0.25, 0.3) is 0 Å². The smallest absolute Gasteiger partial charge is 0.235 e. The molecule has 28 heavy (non-hydrogen) atoms. The zero-order valence-electron chi connectivity index (χ0n) is 16.7. The first-order chi connectivity index (χ1) is 13.5. The molecule has 1 aliphatic carbocycles. The van der Waals surface area contributed by atoms with E-state index in [9.17, 15) is 9.18 Å². The third-order valence-corrected chi connectivity index (χ3v) is 5.41. The molecule has 3 rings (SSSR count). The fraction of sp³-hybridized carbons (Fsp3) is 0.435. The zero-order chi connectivity index (χ0) is 20.0. The Hall–Kier alpha value is -2.40. The zero-order valence-corrected chi connectivity index (χ0v) is 16.7. The van der Waals surface area contributed by atoms with E-state index in [1.165, 1.54) is 6.07 Å². The SMILES string of the molecule is CN(C)CCCOc1ccc(NC(=O)C2(c3ccccc3F)CCCC2)cc1. The van der Waals surface area contributed by atoms with Crippen molar-refractivity contribution in [2.45, 2.75) is 37.5 Å². The normalized spacial score (nSPS) is 15.6. The summed E-state index contributed by atoms with van der Waals surface area (Å²) in [5.74, 6) is 0.345. The third kappa shape index (κ3) is 4.71. The first kappa shape index (κ1) is 20.3. The summed E-state index contributed by atoms with van der Waals surface area (Å²) in [6, 6.07) is 14.0. The standard InChI is InChI=1S/C23H29FN2O2/c1-26(2)16-7-17-28-19-12-10-18(11-13-19)25-22(27)23(14-5-6-15-23)20-8-3-4-9-21(20)24/h3-4,8-13H,5-7,14-17H2,1-2H3,(H,25,27). The van der Waals surface area contributed by atoms with Crippen molar-refractivity contribution in [2.24, 2.45) is 0 Å². The predicted molar refractivity (Wildman–Crippen MR) is 110 cm³/mol. The first-order valence-corrected chi connectivity index (χ1v) is 9.95. The van der Waals surface area contributed by atoms with E-state index in [0.29, 0.717) is 30.7 Å². The monoisotopic (exact) mass is 384 g/mol. The fourth-order valence-corrected chi connectivity index (χ4v) is 3.90. The van der Waals surface area contributed by atoms with Crippen LogP contribution in [0.4, 0.5) is 10.1 Å². The number of ether oxygens (including phenoxy) is 1. The van der Waals surface area contributed by atoms with Gasteiger partial charge in [-0.2, -0.15) is 0 Å². The Balaban J connectivity index is 1.65.